The van der Waals surface area contributed by atoms with Crippen molar-refractivity contribution in [2.45, 2.75) is 49.6 Å². The molecule has 0 aromatic heterocycles. The number of rotatable bonds is 7. The second-order valence-electron chi connectivity index (χ2n) is 7.71. The quantitative estimate of drug-likeness (QED) is 0.449. The van der Waals surface area contributed by atoms with E-state index in [2.05, 4.69) is 3.87 Å². The maximum Gasteiger partial charge on any atom is 0.522 e. The van der Waals surface area contributed by atoms with Crippen LogP contribution in [-0.4, -0.2) is 23.7 Å². The Morgan fingerprint density at radius 3 is 1.46 bits per heavy atom. The Morgan fingerprint density at radius 2 is 1.14 bits per heavy atom. The summed E-state index contributed by atoms with van der Waals surface area (Å²) >= 11 is 0. The summed E-state index contributed by atoms with van der Waals surface area (Å²) in [6, 6.07) is 18.6. The minimum Gasteiger partial charge on any atom is -0.309 e. The Balaban J connectivity index is 2.50. The van der Waals surface area contributed by atoms with E-state index in [4.69, 9.17) is 0 Å². The van der Waals surface area contributed by atoms with Gasteiger partial charge in [-0.1, -0.05) is 88.4 Å². The van der Waals surface area contributed by atoms with Gasteiger partial charge in [0.05, 0.1) is 0 Å². The zero-order valence-corrected chi connectivity index (χ0v) is 17.9. The van der Waals surface area contributed by atoms with Gasteiger partial charge in [-0.3, -0.25) is 0 Å². The van der Waals surface area contributed by atoms with E-state index >= 15 is 0 Å². The predicted octanol–water partition coefficient (Wildman–Crippen LogP) is 5.22. The van der Waals surface area contributed by atoms with E-state index in [-0.39, 0.29) is 0 Å². The van der Waals surface area contributed by atoms with Crippen LogP contribution in [0, 0.1) is 0 Å². The fourth-order valence-electron chi connectivity index (χ4n) is 3.42. The standard InChI is InChI=1S/C20H23F3O3SSi/c1-18(2,15-11-7-5-8-12-15)17(28-26-27(24,25)20(21,22)23)19(3,4)16-13-9-6-10-14-16/h5-14,17H,1-4H3. The maximum atomic E-state index is 12.8. The van der Waals surface area contributed by atoms with Crippen molar-refractivity contribution >= 4 is 19.9 Å². The molecule has 2 aromatic carbocycles. The van der Waals surface area contributed by atoms with Crippen molar-refractivity contribution in [3.05, 3.63) is 71.8 Å². The van der Waals surface area contributed by atoms with Crippen molar-refractivity contribution in [1.29, 1.82) is 0 Å². The van der Waals surface area contributed by atoms with E-state index in [1.165, 1.54) is 0 Å². The van der Waals surface area contributed by atoms with Crippen LogP contribution in [0.25, 0.3) is 0 Å². The fourth-order valence-corrected chi connectivity index (χ4v) is 5.62. The van der Waals surface area contributed by atoms with Crippen LogP contribution in [0.5, 0.6) is 0 Å². The first kappa shape index (κ1) is 22.6. The Labute approximate surface area is 167 Å². The lowest BCUT2D eigenvalue weighted by molar-refractivity contribution is -0.0501. The number of halogens is 3. The summed E-state index contributed by atoms with van der Waals surface area (Å²) in [7, 11) is -6.57. The largest absolute Gasteiger partial charge is 0.522 e. The second kappa shape index (κ2) is 8.00. The van der Waals surface area contributed by atoms with Crippen molar-refractivity contribution < 1.29 is 25.5 Å². The lowest BCUT2D eigenvalue weighted by atomic mass is 9.68. The van der Waals surface area contributed by atoms with Gasteiger partial charge in [0.1, 0.15) is 0 Å². The molecular formula is C20H23F3O3SSi. The molecule has 0 fully saturated rings. The molecule has 0 heterocycles. The molecule has 28 heavy (non-hydrogen) atoms. The fraction of sp³-hybridized carbons (Fsp3) is 0.400. The molecule has 0 saturated heterocycles. The summed E-state index contributed by atoms with van der Waals surface area (Å²) in [5.41, 5.74) is -5.51. The van der Waals surface area contributed by atoms with E-state index in [1.54, 1.807) is 0 Å². The van der Waals surface area contributed by atoms with Crippen LogP contribution >= 0.6 is 0 Å². The van der Waals surface area contributed by atoms with Crippen molar-refractivity contribution in [2.75, 3.05) is 0 Å². The summed E-state index contributed by atoms with van der Waals surface area (Å²) in [6.07, 6.45) is 0. The highest BCUT2D eigenvalue weighted by molar-refractivity contribution is 7.88. The first-order chi connectivity index (χ1) is 12.8. The minimum absolute atomic E-state index is 0.540. The second-order valence-corrected chi connectivity index (χ2v) is 10.6. The Morgan fingerprint density at radius 1 is 0.786 bits per heavy atom. The first-order valence-corrected chi connectivity index (χ1v) is 11.1. The van der Waals surface area contributed by atoms with E-state index < -0.39 is 41.8 Å². The van der Waals surface area contributed by atoms with Gasteiger partial charge in [-0.2, -0.15) is 21.6 Å². The number of hydrogen-bond acceptors (Lipinski definition) is 3. The van der Waals surface area contributed by atoms with Crippen LogP contribution in [0.2, 0.25) is 5.54 Å². The van der Waals surface area contributed by atoms with Crippen LogP contribution in [0.3, 0.4) is 0 Å². The Bertz CT molecular complexity index is 828. The van der Waals surface area contributed by atoms with Gasteiger partial charge in [0, 0.05) is 0 Å². The maximum absolute atomic E-state index is 12.8. The van der Waals surface area contributed by atoms with E-state index in [9.17, 15) is 21.6 Å². The number of benzene rings is 2. The highest BCUT2D eigenvalue weighted by atomic mass is 32.2. The molecule has 0 N–H and O–H groups in total. The molecule has 2 radical (unpaired) electrons. The molecule has 0 unspecified atom stereocenters. The van der Waals surface area contributed by atoms with E-state index in [0.717, 1.165) is 11.1 Å². The molecule has 0 spiro atoms. The van der Waals surface area contributed by atoms with Gasteiger partial charge >= 0.3 is 15.6 Å². The van der Waals surface area contributed by atoms with Crippen molar-refractivity contribution in [3.63, 3.8) is 0 Å². The zero-order valence-electron chi connectivity index (χ0n) is 16.1. The molecule has 3 nitrogen and oxygen atoms in total. The molecule has 0 aliphatic carbocycles. The number of hydrogen-bond donors (Lipinski definition) is 0. The molecule has 8 heteroatoms. The lowest BCUT2D eigenvalue weighted by Crippen LogP contribution is -2.43. The van der Waals surface area contributed by atoms with Gasteiger partial charge in [-0.05, 0) is 27.5 Å². The molecular weight excluding hydrogens is 405 g/mol. The lowest BCUT2D eigenvalue weighted by Gasteiger charge is -2.44. The van der Waals surface area contributed by atoms with Gasteiger partial charge in [0.2, 0.25) is 0 Å². The third-order valence-corrected chi connectivity index (χ3v) is 8.55. The third-order valence-electron chi connectivity index (χ3n) is 5.04. The molecule has 0 aliphatic heterocycles. The smallest absolute Gasteiger partial charge is 0.309 e. The highest BCUT2D eigenvalue weighted by Gasteiger charge is 2.50. The number of alkyl halides is 3. The topological polar surface area (TPSA) is 43.4 Å². The summed E-state index contributed by atoms with van der Waals surface area (Å²) < 4.78 is 66.1. The summed E-state index contributed by atoms with van der Waals surface area (Å²) in [5.74, 6) is 0. The molecule has 152 valence electrons. The van der Waals surface area contributed by atoms with Crippen molar-refractivity contribution in [3.8, 4) is 0 Å². The molecule has 0 amide bonds. The molecule has 0 bridgehead atoms. The van der Waals surface area contributed by atoms with Gasteiger partial charge in [0.15, 0.2) is 0 Å². The average molecular weight is 429 g/mol. The molecule has 2 rings (SSSR count). The summed E-state index contributed by atoms with van der Waals surface area (Å²) in [5, 5.41) is 0. The van der Waals surface area contributed by atoms with Gasteiger partial charge in [0.25, 0.3) is 9.76 Å². The normalized spacial score (nSPS) is 13.7. The van der Waals surface area contributed by atoms with E-state index in [0.29, 0.717) is 0 Å². The van der Waals surface area contributed by atoms with Crippen LogP contribution in [0.15, 0.2) is 60.7 Å². The van der Waals surface area contributed by atoms with Gasteiger partial charge in [-0.25, -0.2) is 0 Å². The van der Waals surface area contributed by atoms with Crippen molar-refractivity contribution in [2.24, 2.45) is 0 Å². The SMILES string of the molecule is CC(C)(c1ccccc1)C([Si]OS(=O)(=O)C(F)(F)F)C(C)(C)c1ccccc1. The van der Waals surface area contributed by atoms with Gasteiger partial charge < -0.3 is 3.87 Å². The summed E-state index contributed by atoms with van der Waals surface area (Å²) in [6.45, 7) is 7.59. The third kappa shape index (κ3) is 4.67. The Hall–Kier alpha value is -1.64. The highest BCUT2D eigenvalue weighted by Crippen LogP contribution is 2.48. The predicted molar refractivity (Wildman–Crippen MR) is 104 cm³/mol. The van der Waals surface area contributed by atoms with Gasteiger partial charge in [-0.15, -0.1) is 0 Å². The summed E-state index contributed by atoms with van der Waals surface area (Å²) in [4.78, 5) is 0. The molecule has 0 saturated carbocycles. The molecule has 2 aromatic rings. The Kier molecular flexibility index (Phi) is 6.47. The minimum atomic E-state index is -5.67. The van der Waals surface area contributed by atoms with Crippen LogP contribution in [0.4, 0.5) is 13.2 Å². The van der Waals surface area contributed by atoms with Crippen LogP contribution in [-0.2, 0) is 24.8 Å². The van der Waals surface area contributed by atoms with Crippen LogP contribution < -0.4 is 0 Å². The van der Waals surface area contributed by atoms with E-state index in [1.807, 2.05) is 88.4 Å². The zero-order chi connectivity index (χ0) is 21.2. The average Bonchev–Trinajstić information content (AvgIpc) is 2.62. The monoisotopic (exact) mass is 428 g/mol. The van der Waals surface area contributed by atoms with Crippen molar-refractivity contribution in [1.82, 2.24) is 0 Å². The molecule has 0 atom stereocenters. The van der Waals surface area contributed by atoms with Crippen LogP contribution in [0.1, 0.15) is 38.8 Å². The first-order valence-electron chi connectivity index (χ1n) is 8.66. The molecule has 0 aliphatic rings.